The molecule has 2 rings (SSSR count). The van der Waals surface area contributed by atoms with Gasteiger partial charge in [0.2, 0.25) is 5.91 Å². The van der Waals surface area contributed by atoms with Crippen molar-refractivity contribution in [3.63, 3.8) is 0 Å². The summed E-state index contributed by atoms with van der Waals surface area (Å²) in [4.78, 5) is 14.1. The predicted octanol–water partition coefficient (Wildman–Crippen LogP) is 3.58. The largest absolute Gasteiger partial charge is 0.339 e. The zero-order chi connectivity index (χ0) is 13.0. The van der Waals surface area contributed by atoms with Crippen molar-refractivity contribution >= 4 is 5.91 Å². The van der Waals surface area contributed by atoms with Crippen LogP contribution in [0.1, 0.15) is 51.0 Å². The molecule has 0 N–H and O–H groups in total. The van der Waals surface area contributed by atoms with Gasteiger partial charge in [-0.25, -0.2) is 0 Å². The third kappa shape index (κ3) is 2.58. The summed E-state index contributed by atoms with van der Waals surface area (Å²) >= 11 is 0. The molecule has 2 atom stereocenters. The molecule has 1 aromatic rings. The van der Waals surface area contributed by atoms with Gasteiger partial charge < -0.3 is 4.90 Å². The highest BCUT2D eigenvalue weighted by atomic mass is 16.2. The molecule has 0 unspecified atom stereocenters. The first-order valence-corrected chi connectivity index (χ1v) is 7.12. The molecular formula is C16H23NO. The number of nitrogens with zero attached hydrogens (tertiary/aromatic N) is 1. The molecule has 1 amide bonds. The molecule has 0 radical (unpaired) electrons. The SMILES string of the molecule is CCC(=O)N1CCC[C@@H]1[C@H](CC)c1ccccc1. The fourth-order valence-corrected chi connectivity index (χ4v) is 3.15. The first-order valence-electron chi connectivity index (χ1n) is 7.12. The number of rotatable bonds is 4. The van der Waals surface area contributed by atoms with Crippen LogP contribution in [0.5, 0.6) is 0 Å². The Morgan fingerprint density at radius 2 is 2.06 bits per heavy atom. The molecule has 0 spiro atoms. The van der Waals surface area contributed by atoms with E-state index >= 15 is 0 Å². The highest BCUT2D eigenvalue weighted by Gasteiger charge is 2.33. The lowest BCUT2D eigenvalue weighted by Crippen LogP contribution is -2.38. The number of benzene rings is 1. The van der Waals surface area contributed by atoms with Crippen LogP contribution < -0.4 is 0 Å². The Hall–Kier alpha value is -1.31. The minimum Gasteiger partial charge on any atom is -0.339 e. The normalized spacial score (nSPS) is 21.0. The number of carbonyl (C=O) groups excluding carboxylic acids is 1. The van der Waals surface area contributed by atoms with Crippen molar-refractivity contribution in [2.24, 2.45) is 0 Å². The van der Waals surface area contributed by atoms with Crippen LogP contribution in [-0.2, 0) is 4.79 Å². The summed E-state index contributed by atoms with van der Waals surface area (Å²) in [6.07, 6.45) is 4.03. The number of amides is 1. The Kier molecular flexibility index (Phi) is 4.40. The van der Waals surface area contributed by atoms with E-state index in [1.807, 2.05) is 6.92 Å². The van der Waals surface area contributed by atoms with E-state index in [1.54, 1.807) is 0 Å². The lowest BCUT2D eigenvalue weighted by Gasteiger charge is -2.31. The predicted molar refractivity (Wildman–Crippen MR) is 74.5 cm³/mol. The van der Waals surface area contributed by atoms with E-state index in [2.05, 4.69) is 42.2 Å². The van der Waals surface area contributed by atoms with Gasteiger partial charge in [0.05, 0.1) is 0 Å². The molecule has 18 heavy (non-hydrogen) atoms. The minimum absolute atomic E-state index is 0.312. The van der Waals surface area contributed by atoms with Gasteiger partial charge in [-0.15, -0.1) is 0 Å². The van der Waals surface area contributed by atoms with Gasteiger partial charge in [-0.1, -0.05) is 44.2 Å². The molecule has 1 saturated heterocycles. The number of carbonyl (C=O) groups is 1. The Bertz CT molecular complexity index is 387. The first kappa shape index (κ1) is 13.1. The monoisotopic (exact) mass is 245 g/mol. The van der Waals surface area contributed by atoms with E-state index in [-0.39, 0.29) is 0 Å². The van der Waals surface area contributed by atoms with Crippen molar-refractivity contribution in [2.45, 2.75) is 51.5 Å². The maximum absolute atomic E-state index is 12.0. The average molecular weight is 245 g/mol. The molecule has 2 nitrogen and oxygen atoms in total. The van der Waals surface area contributed by atoms with Crippen LogP contribution in [0.15, 0.2) is 30.3 Å². The molecule has 1 aliphatic rings. The summed E-state index contributed by atoms with van der Waals surface area (Å²) in [5.74, 6) is 0.802. The summed E-state index contributed by atoms with van der Waals surface area (Å²) in [6, 6.07) is 11.0. The molecule has 1 aromatic carbocycles. The lowest BCUT2D eigenvalue weighted by atomic mass is 9.87. The summed E-state index contributed by atoms with van der Waals surface area (Å²) in [5.41, 5.74) is 1.38. The molecule has 1 fully saturated rings. The zero-order valence-electron chi connectivity index (χ0n) is 11.4. The molecule has 1 aliphatic heterocycles. The van der Waals surface area contributed by atoms with Gasteiger partial charge in [-0.05, 0) is 24.8 Å². The Morgan fingerprint density at radius 3 is 2.67 bits per heavy atom. The van der Waals surface area contributed by atoms with Gasteiger partial charge in [0.15, 0.2) is 0 Å². The van der Waals surface area contributed by atoms with Crippen molar-refractivity contribution in [1.82, 2.24) is 4.90 Å². The second-order valence-electron chi connectivity index (χ2n) is 5.08. The van der Waals surface area contributed by atoms with Gasteiger partial charge in [-0.2, -0.15) is 0 Å². The Balaban J connectivity index is 2.19. The molecule has 0 bridgehead atoms. The molecule has 2 heteroatoms. The van der Waals surface area contributed by atoms with Crippen molar-refractivity contribution in [3.05, 3.63) is 35.9 Å². The van der Waals surface area contributed by atoms with Crippen LogP contribution >= 0.6 is 0 Å². The minimum atomic E-state index is 0.312. The molecular weight excluding hydrogens is 222 g/mol. The van der Waals surface area contributed by atoms with Crippen LogP contribution in [0.3, 0.4) is 0 Å². The third-order valence-electron chi connectivity index (χ3n) is 4.05. The standard InChI is InChI=1S/C16H23NO/c1-3-14(13-9-6-5-7-10-13)15-11-8-12-17(15)16(18)4-2/h5-7,9-10,14-15H,3-4,8,11-12H2,1-2H3/t14-,15-/m1/s1. The maximum Gasteiger partial charge on any atom is 0.222 e. The zero-order valence-corrected chi connectivity index (χ0v) is 11.4. The highest BCUT2D eigenvalue weighted by molar-refractivity contribution is 5.76. The fourth-order valence-electron chi connectivity index (χ4n) is 3.15. The van der Waals surface area contributed by atoms with Crippen LogP contribution in [0.4, 0.5) is 0 Å². The number of hydrogen-bond donors (Lipinski definition) is 0. The smallest absolute Gasteiger partial charge is 0.222 e. The van der Waals surface area contributed by atoms with E-state index < -0.39 is 0 Å². The summed E-state index contributed by atoms with van der Waals surface area (Å²) in [5, 5.41) is 0. The highest BCUT2D eigenvalue weighted by Crippen LogP contribution is 2.33. The van der Waals surface area contributed by atoms with Crippen molar-refractivity contribution in [1.29, 1.82) is 0 Å². The van der Waals surface area contributed by atoms with E-state index in [4.69, 9.17) is 0 Å². The average Bonchev–Trinajstić information content (AvgIpc) is 2.89. The number of hydrogen-bond acceptors (Lipinski definition) is 1. The van der Waals surface area contributed by atoms with Crippen LogP contribution in [-0.4, -0.2) is 23.4 Å². The maximum atomic E-state index is 12.0. The summed E-state index contributed by atoms with van der Waals surface area (Å²) in [7, 11) is 0. The van der Waals surface area contributed by atoms with Gasteiger partial charge >= 0.3 is 0 Å². The Morgan fingerprint density at radius 1 is 1.33 bits per heavy atom. The van der Waals surface area contributed by atoms with Crippen LogP contribution in [0.25, 0.3) is 0 Å². The van der Waals surface area contributed by atoms with Crippen LogP contribution in [0, 0.1) is 0 Å². The molecule has 0 saturated carbocycles. The van der Waals surface area contributed by atoms with E-state index in [1.165, 1.54) is 5.56 Å². The van der Waals surface area contributed by atoms with Gasteiger partial charge in [-0.3, -0.25) is 4.79 Å². The summed E-state index contributed by atoms with van der Waals surface area (Å²) in [6.45, 7) is 5.13. The fraction of sp³-hybridized carbons (Fsp3) is 0.562. The van der Waals surface area contributed by atoms with E-state index in [0.29, 0.717) is 24.3 Å². The first-order chi connectivity index (χ1) is 8.77. The lowest BCUT2D eigenvalue weighted by molar-refractivity contribution is -0.132. The van der Waals surface area contributed by atoms with Crippen molar-refractivity contribution in [3.8, 4) is 0 Å². The number of likely N-dealkylation sites (tertiary alicyclic amines) is 1. The second-order valence-corrected chi connectivity index (χ2v) is 5.08. The molecule has 1 heterocycles. The summed E-state index contributed by atoms with van der Waals surface area (Å²) < 4.78 is 0. The molecule has 0 aromatic heterocycles. The van der Waals surface area contributed by atoms with Gasteiger partial charge in [0.25, 0.3) is 0 Å². The van der Waals surface area contributed by atoms with Gasteiger partial charge in [0.1, 0.15) is 0 Å². The Labute approximate surface area is 110 Å². The quantitative estimate of drug-likeness (QED) is 0.794. The van der Waals surface area contributed by atoms with E-state index in [9.17, 15) is 4.79 Å². The van der Waals surface area contributed by atoms with E-state index in [0.717, 1.165) is 25.8 Å². The van der Waals surface area contributed by atoms with Gasteiger partial charge in [0, 0.05) is 24.9 Å². The van der Waals surface area contributed by atoms with Crippen molar-refractivity contribution < 1.29 is 4.79 Å². The second kappa shape index (κ2) is 6.03. The van der Waals surface area contributed by atoms with Crippen LogP contribution in [0.2, 0.25) is 0 Å². The van der Waals surface area contributed by atoms with Crippen molar-refractivity contribution in [2.75, 3.05) is 6.54 Å². The third-order valence-corrected chi connectivity index (χ3v) is 4.05. The topological polar surface area (TPSA) is 20.3 Å². The molecule has 98 valence electrons. The molecule has 0 aliphatic carbocycles.